The lowest BCUT2D eigenvalue weighted by molar-refractivity contribution is 0.187. The smallest absolute Gasteiger partial charge is 0.246 e. The Labute approximate surface area is 133 Å². The van der Waals surface area contributed by atoms with Crippen molar-refractivity contribution >= 4 is 31.8 Å². The van der Waals surface area contributed by atoms with E-state index in [0.29, 0.717) is 4.47 Å². The van der Waals surface area contributed by atoms with Crippen molar-refractivity contribution in [2.45, 2.75) is 23.8 Å². The number of sulfonamides is 1. The summed E-state index contributed by atoms with van der Waals surface area (Å²) in [4.78, 5) is 6.23. The minimum absolute atomic E-state index is 0.0432. The van der Waals surface area contributed by atoms with Crippen LogP contribution in [0, 0.1) is 0 Å². The molecule has 2 rings (SSSR count). The molecule has 2 heterocycles. The summed E-state index contributed by atoms with van der Waals surface area (Å²) >= 11 is 3.25. The molecule has 118 valence electrons. The first-order valence-electron chi connectivity index (χ1n) is 6.65. The zero-order valence-corrected chi connectivity index (χ0v) is 14.5. The fourth-order valence-electron chi connectivity index (χ4n) is 2.51. The quantitative estimate of drug-likeness (QED) is 0.596. The molecule has 21 heavy (non-hydrogen) atoms. The number of aromatic nitrogens is 1. The molecule has 0 amide bonds. The Morgan fingerprint density at radius 2 is 2.29 bits per heavy atom. The molecular formula is C12H20BrN5O2S. The van der Waals surface area contributed by atoms with Gasteiger partial charge in [-0.1, -0.05) is 0 Å². The number of anilines is 1. The van der Waals surface area contributed by atoms with Gasteiger partial charge >= 0.3 is 0 Å². The van der Waals surface area contributed by atoms with Crippen molar-refractivity contribution in [1.82, 2.24) is 14.2 Å². The summed E-state index contributed by atoms with van der Waals surface area (Å²) in [6, 6.07) is 1.47. The summed E-state index contributed by atoms with van der Waals surface area (Å²) in [7, 11) is -0.0440. The van der Waals surface area contributed by atoms with Crippen LogP contribution in [0.15, 0.2) is 21.6 Å². The van der Waals surface area contributed by atoms with Gasteiger partial charge < -0.3 is 10.3 Å². The molecule has 0 aliphatic carbocycles. The fraction of sp³-hybridized carbons (Fsp3) is 0.583. The number of likely N-dealkylation sites (tertiary alicyclic amines) is 1. The fourth-order valence-corrected chi connectivity index (χ4v) is 4.50. The standard InChI is InChI=1S/C12H20BrN5O2S/c1-17-5-3-4-10(8-17)18(2)21(19,20)11-6-9(13)7-15-12(11)16-14/h6-7,10H,3-5,8,14H2,1-2H3,(H,15,16). The minimum atomic E-state index is -3.66. The number of likely N-dealkylation sites (N-methyl/N-ethyl adjacent to an activating group) is 2. The van der Waals surface area contributed by atoms with Gasteiger partial charge in [-0.25, -0.2) is 19.2 Å². The predicted molar refractivity (Wildman–Crippen MR) is 85.2 cm³/mol. The van der Waals surface area contributed by atoms with E-state index in [1.54, 1.807) is 7.05 Å². The van der Waals surface area contributed by atoms with Crippen LogP contribution in [-0.4, -0.2) is 55.8 Å². The third-order valence-electron chi connectivity index (χ3n) is 3.73. The summed E-state index contributed by atoms with van der Waals surface area (Å²) in [5, 5.41) is 0. The molecule has 1 aliphatic heterocycles. The van der Waals surface area contributed by atoms with Gasteiger partial charge in [-0.05, 0) is 48.4 Å². The Morgan fingerprint density at radius 3 is 2.90 bits per heavy atom. The Morgan fingerprint density at radius 1 is 1.57 bits per heavy atom. The molecule has 0 spiro atoms. The van der Waals surface area contributed by atoms with Crippen LogP contribution in [-0.2, 0) is 10.0 Å². The number of rotatable bonds is 4. The van der Waals surface area contributed by atoms with Gasteiger partial charge in [-0.3, -0.25) is 0 Å². The highest BCUT2D eigenvalue weighted by Crippen LogP contribution is 2.27. The number of halogens is 1. The van der Waals surface area contributed by atoms with E-state index in [1.807, 2.05) is 7.05 Å². The first kappa shape index (κ1) is 16.6. The zero-order chi connectivity index (χ0) is 15.6. The van der Waals surface area contributed by atoms with Gasteiger partial charge in [0.25, 0.3) is 0 Å². The van der Waals surface area contributed by atoms with E-state index in [9.17, 15) is 8.42 Å². The molecule has 1 aromatic heterocycles. The first-order valence-corrected chi connectivity index (χ1v) is 8.88. The van der Waals surface area contributed by atoms with E-state index in [1.165, 1.54) is 16.6 Å². The van der Waals surface area contributed by atoms with Crippen molar-refractivity contribution in [1.29, 1.82) is 0 Å². The van der Waals surface area contributed by atoms with Crippen LogP contribution in [0.4, 0.5) is 5.82 Å². The number of hydrogen-bond donors (Lipinski definition) is 2. The molecule has 0 aromatic carbocycles. The Kier molecular flexibility index (Phi) is 5.20. The van der Waals surface area contributed by atoms with Crippen molar-refractivity contribution in [2.24, 2.45) is 5.84 Å². The van der Waals surface area contributed by atoms with Gasteiger partial charge in [0.2, 0.25) is 10.0 Å². The Balaban J connectivity index is 2.35. The maximum atomic E-state index is 12.8. The molecule has 9 heteroatoms. The molecule has 3 N–H and O–H groups in total. The van der Waals surface area contributed by atoms with Crippen molar-refractivity contribution in [3.63, 3.8) is 0 Å². The summed E-state index contributed by atoms with van der Waals surface area (Å²) < 4.78 is 27.7. The third-order valence-corrected chi connectivity index (χ3v) is 6.08. The number of nitrogens with zero attached hydrogens (tertiary/aromatic N) is 3. The predicted octanol–water partition coefficient (Wildman–Crippen LogP) is 0.844. The monoisotopic (exact) mass is 377 g/mol. The molecule has 1 aromatic rings. The van der Waals surface area contributed by atoms with E-state index >= 15 is 0 Å². The molecule has 1 fully saturated rings. The van der Waals surface area contributed by atoms with Gasteiger partial charge in [0.05, 0.1) is 0 Å². The molecule has 7 nitrogen and oxygen atoms in total. The van der Waals surface area contributed by atoms with Crippen LogP contribution in [0.3, 0.4) is 0 Å². The van der Waals surface area contributed by atoms with Gasteiger partial charge in [0, 0.05) is 30.3 Å². The maximum Gasteiger partial charge on any atom is 0.246 e. The summed E-state index contributed by atoms with van der Waals surface area (Å²) in [5.74, 6) is 5.53. The van der Waals surface area contributed by atoms with E-state index in [2.05, 4.69) is 31.2 Å². The maximum absolute atomic E-state index is 12.8. The topological polar surface area (TPSA) is 91.6 Å². The SMILES string of the molecule is CN1CCCC(N(C)S(=O)(=O)c2cc(Br)cnc2NN)C1. The summed E-state index contributed by atoms with van der Waals surface area (Å²) in [6.07, 6.45) is 3.34. The largest absolute Gasteiger partial charge is 0.307 e. The summed E-state index contributed by atoms with van der Waals surface area (Å²) in [5.41, 5.74) is 2.35. The molecule has 1 unspecified atom stereocenters. The van der Waals surface area contributed by atoms with Crippen LogP contribution < -0.4 is 11.3 Å². The number of pyridine rings is 1. The first-order chi connectivity index (χ1) is 9.86. The van der Waals surface area contributed by atoms with Gasteiger partial charge in [-0.2, -0.15) is 4.31 Å². The average Bonchev–Trinajstić information content (AvgIpc) is 2.46. The number of hydrogen-bond acceptors (Lipinski definition) is 6. The Bertz CT molecular complexity index is 610. The number of hydrazine groups is 1. The van der Waals surface area contributed by atoms with Gasteiger partial charge in [-0.15, -0.1) is 0 Å². The number of piperidine rings is 1. The highest BCUT2D eigenvalue weighted by molar-refractivity contribution is 9.10. The normalized spacial score (nSPS) is 20.7. The zero-order valence-electron chi connectivity index (χ0n) is 12.1. The van der Waals surface area contributed by atoms with Crippen molar-refractivity contribution < 1.29 is 8.42 Å². The van der Waals surface area contributed by atoms with E-state index in [4.69, 9.17) is 5.84 Å². The second-order valence-corrected chi connectivity index (χ2v) is 8.11. The molecule has 1 atom stereocenters. The Hall–Kier alpha value is -0.740. The molecule has 0 saturated carbocycles. The van der Waals surface area contributed by atoms with Crippen molar-refractivity contribution in [3.05, 3.63) is 16.7 Å². The van der Waals surface area contributed by atoms with Crippen LogP contribution >= 0.6 is 15.9 Å². The van der Waals surface area contributed by atoms with Crippen molar-refractivity contribution in [2.75, 3.05) is 32.6 Å². The molecule has 1 aliphatic rings. The third kappa shape index (κ3) is 3.54. The lowest BCUT2D eigenvalue weighted by Crippen LogP contribution is -2.47. The van der Waals surface area contributed by atoms with E-state index < -0.39 is 10.0 Å². The molecule has 0 radical (unpaired) electrons. The highest BCUT2D eigenvalue weighted by atomic mass is 79.9. The van der Waals surface area contributed by atoms with Crippen LogP contribution in [0.5, 0.6) is 0 Å². The lowest BCUT2D eigenvalue weighted by Gasteiger charge is -2.35. The van der Waals surface area contributed by atoms with Crippen LogP contribution in [0.25, 0.3) is 0 Å². The van der Waals surface area contributed by atoms with Crippen LogP contribution in [0.1, 0.15) is 12.8 Å². The van der Waals surface area contributed by atoms with E-state index in [0.717, 1.165) is 25.9 Å². The minimum Gasteiger partial charge on any atom is -0.307 e. The van der Waals surface area contributed by atoms with E-state index in [-0.39, 0.29) is 16.8 Å². The second kappa shape index (κ2) is 6.57. The second-order valence-electron chi connectivity index (χ2n) is 5.22. The van der Waals surface area contributed by atoms with Gasteiger partial charge in [0.15, 0.2) is 5.82 Å². The summed E-state index contributed by atoms with van der Waals surface area (Å²) in [6.45, 7) is 1.72. The number of nitrogens with one attached hydrogen (secondary N) is 1. The lowest BCUT2D eigenvalue weighted by atomic mass is 10.1. The molecular weight excluding hydrogens is 358 g/mol. The van der Waals surface area contributed by atoms with Crippen molar-refractivity contribution in [3.8, 4) is 0 Å². The average molecular weight is 378 g/mol. The molecule has 1 saturated heterocycles. The van der Waals surface area contributed by atoms with Gasteiger partial charge in [0.1, 0.15) is 4.90 Å². The molecule has 0 bridgehead atoms. The number of nitrogen functional groups attached to an aromatic ring is 1. The highest BCUT2D eigenvalue weighted by Gasteiger charge is 2.32. The number of nitrogens with two attached hydrogens (primary N) is 1. The van der Waals surface area contributed by atoms with Crippen LogP contribution in [0.2, 0.25) is 0 Å².